The average Bonchev–Trinajstić information content (AvgIpc) is 2.59. The van der Waals surface area contributed by atoms with Crippen LogP contribution in [0.3, 0.4) is 0 Å². The lowest BCUT2D eigenvalue weighted by Gasteiger charge is -2.14. The Morgan fingerprint density at radius 1 is 1.12 bits per heavy atom. The number of amides is 2. The van der Waals surface area contributed by atoms with E-state index in [1.54, 1.807) is 18.2 Å². The minimum absolute atomic E-state index is 0.103. The number of benzene rings is 1. The molecule has 0 saturated carbocycles. The summed E-state index contributed by atoms with van der Waals surface area (Å²) in [4.78, 5) is 35.0. The van der Waals surface area contributed by atoms with Gasteiger partial charge in [-0.15, -0.1) is 0 Å². The van der Waals surface area contributed by atoms with Crippen LogP contribution in [-0.4, -0.2) is 17.6 Å². The van der Waals surface area contributed by atoms with E-state index >= 15 is 0 Å². The number of Topliss-reactive ketones (excluding diaryl/α,β-unsaturated/α-hetero) is 1. The molecule has 0 saturated heterocycles. The number of carbonyl (C=O) groups excluding carboxylic acids is 3. The Balaban J connectivity index is 2.41. The molecule has 0 spiro atoms. The number of anilines is 1. The second kappa shape index (κ2) is 3.73. The molecule has 4 nitrogen and oxygen atoms in total. The maximum atomic E-state index is 11.4. The van der Waals surface area contributed by atoms with Gasteiger partial charge in [-0.2, -0.15) is 0 Å². The van der Waals surface area contributed by atoms with E-state index in [0.717, 1.165) is 4.90 Å². The Morgan fingerprint density at radius 2 is 1.75 bits per heavy atom. The smallest absolute Gasteiger partial charge is 0.258 e. The molecule has 1 aromatic rings. The zero-order valence-corrected chi connectivity index (χ0v) is 8.64. The van der Waals surface area contributed by atoms with Crippen molar-refractivity contribution in [2.45, 2.75) is 6.92 Å². The number of nitrogens with zero attached hydrogens (tertiary/aromatic N) is 1. The monoisotopic (exact) mass is 215 g/mol. The fraction of sp³-hybridized carbons (Fsp3) is 0.0833. The van der Waals surface area contributed by atoms with Gasteiger partial charge in [0.05, 0.1) is 5.69 Å². The largest absolute Gasteiger partial charge is 0.295 e. The maximum absolute atomic E-state index is 11.4. The fourth-order valence-electron chi connectivity index (χ4n) is 1.52. The lowest BCUT2D eigenvalue weighted by molar-refractivity contribution is -0.119. The third kappa shape index (κ3) is 1.65. The minimum Gasteiger partial charge on any atom is -0.295 e. The summed E-state index contributed by atoms with van der Waals surface area (Å²) in [5.41, 5.74) is 0.901. The van der Waals surface area contributed by atoms with Crippen LogP contribution >= 0.6 is 0 Å². The molecule has 4 heteroatoms. The number of ketones is 1. The predicted molar refractivity (Wildman–Crippen MR) is 58.1 cm³/mol. The van der Waals surface area contributed by atoms with Crippen molar-refractivity contribution in [3.05, 3.63) is 42.0 Å². The first-order valence-corrected chi connectivity index (χ1v) is 4.77. The molecule has 16 heavy (non-hydrogen) atoms. The van der Waals surface area contributed by atoms with Gasteiger partial charge in [0, 0.05) is 17.7 Å². The lowest BCUT2D eigenvalue weighted by Crippen LogP contribution is -2.29. The molecule has 1 heterocycles. The van der Waals surface area contributed by atoms with Gasteiger partial charge >= 0.3 is 0 Å². The van der Waals surface area contributed by atoms with E-state index in [4.69, 9.17) is 0 Å². The highest BCUT2D eigenvalue weighted by Gasteiger charge is 2.25. The Labute approximate surface area is 92.2 Å². The standard InChI is InChI=1S/C12H9NO3/c1-8(14)9-3-2-4-10(7-9)13-11(15)5-6-12(13)16/h2-7H,1H3. The van der Waals surface area contributed by atoms with Crippen LogP contribution in [0.1, 0.15) is 17.3 Å². The van der Waals surface area contributed by atoms with E-state index in [0.29, 0.717) is 11.3 Å². The summed E-state index contributed by atoms with van der Waals surface area (Å²) in [6.07, 6.45) is 2.42. The van der Waals surface area contributed by atoms with E-state index in [1.807, 2.05) is 0 Å². The zero-order chi connectivity index (χ0) is 11.7. The Bertz CT molecular complexity index is 499. The van der Waals surface area contributed by atoms with Crippen LogP contribution in [-0.2, 0) is 9.59 Å². The highest BCUT2D eigenvalue weighted by Crippen LogP contribution is 2.20. The van der Waals surface area contributed by atoms with Crippen LogP contribution in [0.4, 0.5) is 5.69 Å². The predicted octanol–water partition coefficient (Wildman–Crippen LogP) is 1.32. The highest BCUT2D eigenvalue weighted by atomic mass is 16.2. The summed E-state index contributed by atoms with van der Waals surface area (Å²) in [6, 6.07) is 6.44. The molecule has 0 unspecified atom stereocenters. The van der Waals surface area contributed by atoms with Crippen LogP contribution in [0.5, 0.6) is 0 Å². The summed E-state index contributed by atoms with van der Waals surface area (Å²) >= 11 is 0. The Hall–Kier alpha value is -2.23. The zero-order valence-electron chi connectivity index (χ0n) is 8.64. The van der Waals surface area contributed by atoms with Crippen molar-refractivity contribution in [2.24, 2.45) is 0 Å². The first-order chi connectivity index (χ1) is 7.59. The molecule has 0 radical (unpaired) electrons. The normalized spacial score (nSPS) is 14.7. The number of hydrogen-bond acceptors (Lipinski definition) is 3. The van der Waals surface area contributed by atoms with Crippen molar-refractivity contribution in [3.8, 4) is 0 Å². The van der Waals surface area contributed by atoms with Gasteiger partial charge in [0.25, 0.3) is 11.8 Å². The molecule has 0 atom stereocenters. The van der Waals surface area contributed by atoms with Gasteiger partial charge in [-0.25, -0.2) is 4.90 Å². The number of hydrogen-bond donors (Lipinski definition) is 0. The molecular weight excluding hydrogens is 206 g/mol. The highest BCUT2D eigenvalue weighted by molar-refractivity contribution is 6.28. The average molecular weight is 215 g/mol. The Morgan fingerprint density at radius 3 is 2.31 bits per heavy atom. The van der Waals surface area contributed by atoms with Gasteiger partial charge < -0.3 is 0 Å². The minimum atomic E-state index is -0.384. The number of imide groups is 1. The van der Waals surface area contributed by atoms with Crippen molar-refractivity contribution in [1.82, 2.24) is 0 Å². The van der Waals surface area contributed by atoms with Gasteiger partial charge in [0.2, 0.25) is 0 Å². The van der Waals surface area contributed by atoms with Gasteiger partial charge in [0.15, 0.2) is 5.78 Å². The number of rotatable bonds is 2. The SMILES string of the molecule is CC(=O)c1cccc(N2C(=O)C=CC2=O)c1. The van der Waals surface area contributed by atoms with Crippen molar-refractivity contribution in [1.29, 1.82) is 0 Å². The topological polar surface area (TPSA) is 54.5 Å². The molecule has 80 valence electrons. The molecule has 0 aliphatic carbocycles. The van der Waals surface area contributed by atoms with Crippen LogP contribution < -0.4 is 4.90 Å². The second-order valence-corrected chi connectivity index (χ2v) is 3.45. The van der Waals surface area contributed by atoms with Crippen molar-refractivity contribution < 1.29 is 14.4 Å². The van der Waals surface area contributed by atoms with Gasteiger partial charge in [0.1, 0.15) is 0 Å². The van der Waals surface area contributed by atoms with Crippen LogP contribution in [0.25, 0.3) is 0 Å². The van der Waals surface area contributed by atoms with E-state index in [-0.39, 0.29) is 17.6 Å². The third-order valence-corrected chi connectivity index (χ3v) is 2.32. The van der Waals surface area contributed by atoms with E-state index in [1.165, 1.54) is 25.1 Å². The molecule has 0 aromatic heterocycles. The number of carbonyl (C=O) groups is 3. The molecule has 1 aliphatic rings. The van der Waals surface area contributed by atoms with Gasteiger partial charge in [-0.05, 0) is 19.1 Å². The molecule has 0 bridgehead atoms. The first-order valence-electron chi connectivity index (χ1n) is 4.77. The Kier molecular flexibility index (Phi) is 2.40. The molecule has 1 aliphatic heterocycles. The molecule has 2 amide bonds. The fourth-order valence-corrected chi connectivity index (χ4v) is 1.52. The quantitative estimate of drug-likeness (QED) is 0.552. The first kappa shape index (κ1) is 10.3. The van der Waals surface area contributed by atoms with Crippen LogP contribution in [0, 0.1) is 0 Å². The second-order valence-electron chi connectivity index (χ2n) is 3.45. The summed E-state index contributed by atoms with van der Waals surface area (Å²) in [5, 5.41) is 0. The molecule has 0 fully saturated rings. The van der Waals surface area contributed by atoms with Crippen LogP contribution in [0.2, 0.25) is 0 Å². The summed E-state index contributed by atoms with van der Waals surface area (Å²) in [5.74, 6) is -0.870. The summed E-state index contributed by atoms with van der Waals surface area (Å²) in [6.45, 7) is 1.44. The molecule has 0 N–H and O–H groups in total. The van der Waals surface area contributed by atoms with Gasteiger partial charge in [-0.3, -0.25) is 14.4 Å². The van der Waals surface area contributed by atoms with Crippen molar-refractivity contribution in [2.75, 3.05) is 4.90 Å². The van der Waals surface area contributed by atoms with Crippen molar-refractivity contribution >= 4 is 23.3 Å². The lowest BCUT2D eigenvalue weighted by atomic mass is 10.1. The van der Waals surface area contributed by atoms with Gasteiger partial charge in [-0.1, -0.05) is 12.1 Å². The van der Waals surface area contributed by atoms with Crippen LogP contribution in [0.15, 0.2) is 36.4 Å². The van der Waals surface area contributed by atoms with Crippen molar-refractivity contribution in [3.63, 3.8) is 0 Å². The summed E-state index contributed by atoms with van der Waals surface area (Å²) < 4.78 is 0. The summed E-state index contributed by atoms with van der Waals surface area (Å²) in [7, 11) is 0. The van der Waals surface area contributed by atoms with E-state index < -0.39 is 0 Å². The molecule has 1 aromatic carbocycles. The molecule has 2 rings (SSSR count). The van der Waals surface area contributed by atoms with E-state index in [9.17, 15) is 14.4 Å². The molecular formula is C12H9NO3. The van der Waals surface area contributed by atoms with E-state index in [2.05, 4.69) is 0 Å². The maximum Gasteiger partial charge on any atom is 0.258 e. The third-order valence-electron chi connectivity index (χ3n) is 2.32.